The van der Waals surface area contributed by atoms with Gasteiger partial charge in [-0.2, -0.15) is 4.98 Å². The molecule has 0 fully saturated rings. The number of amides is 1. The lowest BCUT2D eigenvalue weighted by atomic mass is 10.2. The summed E-state index contributed by atoms with van der Waals surface area (Å²) in [5.74, 6) is 0.423. The molecule has 2 rings (SSSR count). The third-order valence-corrected chi connectivity index (χ3v) is 2.88. The van der Waals surface area contributed by atoms with Crippen LogP contribution in [0.15, 0.2) is 10.9 Å². The Kier molecular flexibility index (Phi) is 3.30. The number of nitrogens with zero attached hydrogens (tertiary/aromatic N) is 3. The molecular weight excluding hydrogens is 270 g/mol. The van der Waals surface area contributed by atoms with Crippen molar-refractivity contribution in [3.8, 4) is 0 Å². The van der Waals surface area contributed by atoms with Gasteiger partial charge in [-0.1, -0.05) is 11.6 Å². The van der Waals surface area contributed by atoms with Crippen molar-refractivity contribution in [2.75, 3.05) is 4.90 Å². The molecule has 0 spiro atoms. The van der Waals surface area contributed by atoms with E-state index in [4.69, 9.17) is 16.3 Å². The maximum absolute atomic E-state index is 12.2. The number of fused-ring (bicyclic) bond motifs is 1. The highest BCUT2D eigenvalue weighted by Crippen LogP contribution is 2.27. The third-order valence-electron chi connectivity index (χ3n) is 2.68. The first kappa shape index (κ1) is 13.9. The highest BCUT2D eigenvalue weighted by molar-refractivity contribution is 6.29. The lowest BCUT2D eigenvalue weighted by molar-refractivity contribution is 0.0572. The minimum Gasteiger partial charge on any atom is -0.443 e. The average Bonchev–Trinajstić information content (AvgIpc) is 2.52. The lowest BCUT2D eigenvalue weighted by Gasteiger charge is -2.26. The molecular formula is C12H16ClN3O3. The van der Waals surface area contributed by atoms with Crippen LogP contribution in [-0.2, 0) is 11.3 Å². The summed E-state index contributed by atoms with van der Waals surface area (Å²) in [6.07, 6.45) is -0.493. The number of anilines is 1. The Balaban J connectivity index is 2.40. The Labute approximate surface area is 115 Å². The molecule has 1 aromatic rings. The first-order chi connectivity index (χ1) is 8.69. The first-order valence-electron chi connectivity index (χ1n) is 5.98. The van der Waals surface area contributed by atoms with Crippen LogP contribution >= 0.6 is 11.6 Å². The maximum Gasteiger partial charge on any atom is 0.416 e. The van der Waals surface area contributed by atoms with Crippen LogP contribution in [0.2, 0.25) is 5.15 Å². The van der Waals surface area contributed by atoms with E-state index in [1.54, 1.807) is 20.8 Å². The summed E-state index contributed by atoms with van der Waals surface area (Å²) < 4.78 is 6.75. The van der Waals surface area contributed by atoms with E-state index in [1.165, 1.54) is 15.5 Å². The quantitative estimate of drug-likeness (QED) is 0.684. The van der Waals surface area contributed by atoms with E-state index in [1.807, 2.05) is 6.92 Å². The van der Waals surface area contributed by atoms with E-state index >= 15 is 0 Å². The summed E-state index contributed by atoms with van der Waals surface area (Å²) in [5, 5.41) is 0.0684. The summed E-state index contributed by atoms with van der Waals surface area (Å²) in [5.41, 5.74) is -1.05. The number of hydrogen-bond donors (Lipinski definition) is 0. The number of carbonyl (C=O) groups excluding carboxylic acids is 1. The Bertz CT molecular complexity index is 577. The van der Waals surface area contributed by atoms with Gasteiger partial charge in [0.1, 0.15) is 16.6 Å². The molecule has 19 heavy (non-hydrogen) atoms. The number of ether oxygens (including phenoxy) is 1. The van der Waals surface area contributed by atoms with E-state index in [-0.39, 0.29) is 11.2 Å². The molecule has 1 aromatic heterocycles. The topological polar surface area (TPSA) is 64.4 Å². The zero-order valence-electron chi connectivity index (χ0n) is 11.3. The second-order valence-electron chi connectivity index (χ2n) is 5.53. The Morgan fingerprint density at radius 2 is 2.16 bits per heavy atom. The number of carbonyl (C=O) groups is 1. The van der Waals surface area contributed by atoms with Crippen LogP contribution in [0.5, 0.6) is 0 Å². The van der Waals surface area contributed by atoms with Crippen LogP contribution in [0.4, 0.5) is 10.6 Å². The van der Waals surface area contributed by atoms with Crippen LogP contribution in [0.25, 0.3) is 0 Å². The van der Waals surface area contributed by atoms with E-state index in [0.717, 1.165) is 0 Å². The van der Waals surface area contributed by atoms with Crippen LogP contribution < -0.4 is 10.6 Å². The van der Waals surface area contributed by atoms with Gasteiger partial charge in [-0.05, 0) is 27.7 Å². The standard InChI is InChI=1S/C12H16ClN3O3/c1-7-6-15-9(5-8(13)14-10(15)17)16(7)11(18)19-12(2,3)4/h5,7H,6H2,1-4H3/t7-/m1/s1. The Hall–Kier alpha value is -1.56. The second-order valence-corrected chi connectivity index (χ2v) is 5.92. The summed E-state index contributed by atoms with van der Waals surface area (Å²) >= 11 is 5.78. The molecule has 1 aliphatic rings. The molecule has 104 valence electrons. The predicted molar refractivity (Wildman–Crippen MR) is 71.7 cm³/mol. The molecule has 1 atom stereocenters. The van der Waals surface area contributed by atoms with Gasteiger partial charge in [-0.3, -0.25) is 9.47 Å². The van der Waals surface area contributed by atoms with Crippen molar-refractivity contribution < 1.29 is 9.53 Å². The van der Waals surface area contributed by atoms with Gasteiger partial charge < -0.3 is 4.74 Å². The third kappa shape index (κ3) is 2.73. The van der Waals surface area contributed by atoms with E-state index in [9.17, 15) is 9.59 Å². The molecule has 7 heteroatoms. The van der Waals surface area contributed by atoms with Gasteiger partial charge >= 0.3 is 11.8 Å². The minimum atomic E-state index is -0.596. The van der Waals surface area contributed by atoms with E-state index < -0.39 is 17.4 Å². The van der Waals surface area contributed by atoms with Gasteiger partial charge in [0.25, 0.3) is 0 Å². The highest BCUT2D eigenvalue weighted by atomic mass is 35.5. The van der Waals surface area contributed by atoms with Crippen molar-refractivity contribution in [1.82, 2.24) is 9.55 Å². The van der Waals surface area contributed by atoms with Crippen molar-refractivity contribution in [2.45, 2.75) is 45.9 Å². The molecule has 6 nitrogen and oxygen atoms in total. The van der Waals surface area contributed by atoms with Crippen molar-refractivity contribution in [3.05, 3.63) is 21.7 Å². The SMILES string of the molecule is C[C@@H]1Cn2c(cc(Cl)nc2=O)N1C(=O)OC(C)(C)C. The largest absolute Gasteiger partial charge is 0.443 e. The van der Waals surface area contributed by atoms with Crippen LogP contribution in [0, 0.1) is 0 Å². The van der Waals surface area contributed by atoms with E-state index in [2.05, 4.69) is 4.98 Å². The monoisotopic (exact) mass is 285 g/mol. The Morgan fingerprint density at radius 3 is 2.74 bits per heavy atom. The fourth-order valence-electron chi connectivity index (χ4n) is 1.99. The number of halogens is 1. The van der Waals surface area contributed by atoms with Crippen LogP contribution in [0.3, 0.4) is 0 Å². The van der Waals surface area contributed by atoms with Crippen LogP contribution in [0.1, 0.15) is 27.7 Å². The van der Waals surface area contributed by atoms with E-state index in [0.29, 0.717) is 12.4 Å². The fraction of sp³-hybridized carbons (Fsp3) is 0.583. The number of hydrogen-bond acceptors (Lipinski definition) is 4. The van der Waals surface area contributed by atoms with Crippen molar-refractivity contribution in [2.24, 2.45) is 0 Å². The number of aromatic nitrogens is 2. The molecule has 0 saturated carbocycles. The normalized spacial score (nSPS) is 18.4. The van der Waals surface area contributed by atoms with Crippen molar-refractivity contribution in [3.63, 3.8) is 0 Å². The average molecular weight is 286 g/mol. The minimum absolute atomic E-state index is 0.0684. The molecule has 1 aliphatic heterocycles. The highest BCUT2D eigenvalue weighted by Gasteiger charge is 2.35. The van der Waals surface area contributed by atoms with Gasteiger partial charge in [-0.15, -0.1) is 0 Å². The molecule has 0 unspecified atom stereocenters. The van der Waals surface area contributed by atoms with Gasteiger partial charge in [0.15, 0.2) is 0 Å². The van der Waals surface area contributed by atoms with Gasteiger partial charge in [-0.25, -0.2) is 9.59 Å². The van der Waals surface area contributed by atoms with Gasteiger partial charge in [0.05, 0.1) is 6.04 Å². The number of rotatable bonds is 0. The van der Waals surface area contributed by atoms with Crippen molar-refractivity contribution in [1.29, 1.82) is 0 Å². The second kappa shape index (κ2) is 4.52. The maximum atomic E-state index is 12.2. The molecule has 0 N–H and O–H groups in total. The smallest absolute Gasteiger partial charge is 0.416 e. The lowest BCUT2D eigenvalue weighted by Crippen LogP contribution is -2.40. The zero-order valence-corrected chi connectivity index (χ0v) is 12.1. The summed E-state index contributed by atoms with van der Waals surface area (Å²) in [7, 11) is 0. The van der Waals surface area contributed by atoms with Crippen molar-refractivity contribution >= 4 is 23.5 Å². The summed E-state index contributed by atoms with van der Waals surface area (Å²) in [6.45, 7) is 7.59. The molecule has 1 amide bonds. The summed E-state index contributed by atoms with van der Waals surface area (Å²) in [4.78, 5) is 29.0. The molecule has 0 saturated heterocycles. The first-order valence-corrected chi connectivity index (χ1v) is 6.36. The molecule has 2 heterocycles. The Morgan fingerprint density at radius 1 is 1.53 bits per heavy atom. The molecule has 0 aromatic carbocycles. The fourth-order valence-corrected chi connectivity index (χ4v) is 2.16. The molecule has 0 bridgehead atoms. The predicted octanol–water partition coefficient (Wildman–Crippen LogP) is 2.04. The molecule has 0 radical (unpaired) electrons. The van der Waals surface area contributed by atoms with Crippen LogP contribution in [-0.4, -0.2) is 27.3 Å². The zero-order chi connectivity index (χ0) is 14.4. The van der Waals surface area contributed by atoms with Gasteiger partial charge in [0, 0.05) is 12.6 Å². The molecule has 0 aliphatic carbocycles. The van der Waals surface area contributed by atoms with Gasteiger partial charge in [0.2, 0.25) is 0 Å². The summed E-state index contributed by atoms with van der Waals surface area (Å²) in [6, 6.07) is 1.32.